The van der Waals surface area contributed by atoms with Crippen molar-refractivity contribution in [2.24, 2.45) is 5.92 Å². The first-order valence-electron chi connectivity index (χ1n) is 5.95. The van der Waals surface area contributed by atoms with E-state index < -0.39 is 0 Å². The zero-order valence-corrected chi connectivity index (χ0v) is 10.1. The Morgan fingerprint density at radius 3 is 3.11 bits per heavy atom. The van der Waals surface area contributed by atoms with Gasteiger partial charge < -0.3 is 10.0 Å². The van der Waals surface area contributed by atoms with Crippen molar-refractivity contribution in [1.82, 2.24) is 19.6 Å². The number of hydrogen-bond acceptors (Lipinski definition) is 5. The van der Waals surface area contributed by atoms with Crippen LogP contribution < -0.4 is 10.6 Å². The lowest BCUT2D eigenvalue weighted by molar-refractivity contribution is 0.0464. The van der Waals surface area contributed by atoms with Gasteiger partial charge in [-0.05, 0) is 18.8 Å². The molecule has 1 saturated carbocycles. The highest BCUT2D eigenvalue weighted by molar-refractivity contribution is 5.49. The molecule has 0 unspecified atom stereocenters. The van der Waals surface area contributed by atoms with Crippen LogP contribution in [0.5, 0.6) is 0 Å². The van der Waals surface area contributed by atoms with Gasteiger partial charge in [0.1, 0.15) is 12.1 Å². The van der Waals surface area contributed by atoms with E-state index in [4.69, 9.17) is 0 Å². The van der Waals surface area contributed by atoms with Crippen LogP contribution in [-0.2, 0) is 0 Å². The number of anilines is 1. The molecule has 0 saturated heterocycles. The van der Waals surface area contributed by atoms with Crippen molar-refractivity contribution in [2.75, 3.05) is 18.5 Å². The fraction of sp³-hybridized carbons (Fsp3) is 0.545. The molecule has 0 spiro atoms. The zero-order chi connectivity index (χ0) is 12.7. The SMILES string of the molecule is CN(CC1CC(O)C1)c1cc2n[nH]c(=O)n2cn1. The summed E-state index contributed by atoms with van der Waals surface area (Å²) in [6, 6.07) is 1.77. The topological polar surface area (TPSA) is 86.5 Å². The minimum absolute atomic E-state index is 0.135. The Labute approximate surface area is 103 Å². The largest absolute Gasteiger partial charge is 0.393 e. The number of nitrogens with zero attached hydrogens (tertiary/aromatic N) is 4. The molecule has 1 fully saturated rings. The Balaban J connectivity index is 1.78. The molecule has 2 aromatic rings. The fourth-order valence-electron chi connectivity index (χ4n) is 2.34. The second kappa shape index (κ2) is 4.09. The van der Waals surface area contributed by atoms with Crippen LogP contribution in [0.15, 0.2) is 17.2 Å². The van der Waals surface area contributed by atoms with Crippen molar-refractivity contribution < 1.29 is 5.11 Å². The van der Waals surface area contributed by atoms with E-state index in [9.17, 15) is 9.90 Å². The summed E-state index contributed by atoms with van der Waals surface area (Å²) in [6.45, 7) is 0.856. The lowest BCUT2D eigenvalue weighted by atomic mass is 9.82. The van der Waals surface area contributed by atoms with E-state index >= 15 is 0 Å². The molecule has 7 heteroatoms. The van der Waals surface area contributed by atoms with Crippen LogP contribution in [0.4, 0.5) is 5.82 Å². The lowest BCUT2D eigenvalue weighted by Gasteiger charge is -2.34. The molecule has 2 N–H and O–H groups in total. The van der Waals surface area contributed by atoms with Crippen molar-refractivity contribution in [1.29, 1.82) is 0 Å². The highest BCUT2D eigenvalue weighted by Crippen LogP contribution is 2.28. The Hall–Kier alpha value is -1.89. The number of fused-ring (bicyclic) bond motifs is 1. The normalized spacial score (nSPS) is 23.0. The molecule has 18 heavy (non-hydrogen) atoms. The molecule has 2 aromatic heterocycles. The first-order valence-corrected chi connectivity index (χ1v) is 5.95. The van der Waals surface area contributed by atoms with Gasteiger partial charge >= 0.3 is 5.69 Å². The summed E-state index contributed by atoms with van der Waals surface area (Å²) in [6.07, 6.45) is 3.05. The Kier molecular flexibility index (Phi) is 2.55. The van der Waals surface area contributed by atoms with Crippen molar-refractivity contribution in [3.63, 3.8) is 0 Å². The quantitative estimate of drug-likeness (QED) is 0.774. The van der Waals surface area contributed by atoms with Gasteiger partial charge in [0.25, 0.3) is 0 Å². The predicted octanol–water partition coefficient (Wildman–Crippen LogP) is -0.375. The number of aliphatic hydroxyl groups is 1. The molecule has 0 aliphatic heterocycles. The first-order chi connectivity index (χ1) is 8.63. The molecule has 3 rings (SSSR count). The summed E-state index contributed by atoms with van der Waals surface area (Å²) in [5.41, 5.74) is 0.277. The summed E-state index contributed by atoms with van der Waals surface area (Å²) < 4.78 is 1.37. The third kappa shape index (κ3) is 1.86. The molecule has 2 heterocycles. The van der Waals surface area contributed by atoms with Gasteiger partial charge in [0, 0.05) is 19.7 Å². The standard InChI is InChI=1S/C11H15N5O2/c1-15(5-7-2-8(17)3-7)9-4-10-13-14-11(18)16(10)6-12-9/h4,6-8,17H,2-3,5H2,1H3,(H,14,18). The molecule has 0 radical (unpaired) electrons. The Morgan fingerprint density at radius 2 is 2.39 bits per heavy atom. The molecular weight excluding hydrogens is 234 g/mol. The minimum Gasteiger partial charge on any atom is -0.393 e. The highest BCUT2D eigenvalue weighted by atomic mass is 16.3. The van der Waals surface area contributed by atoms with Gasteiger partial charge in [-0.15, -0.1) is 0 Å². The maximum atomic E-state index is 11.3. The van der Waals surface area contributed by atoms with E-state index in [2.05, 4.69) is 15.2 Å². The van der Waals surface area contributed by atoms with Gasteiger partial charge in [-0.3, -0.25) is 0 Å². The van der Waals surface area contributed by atoms with E-state index in [1.165, 1.54) is 10.7 Å². The second-order valence-electron chi connectivity index (χ2n) is 4.88. The Morgan fingerprint density at radius 1 is 1.61 bits per heavy atom. The van der Waals surface area contributed by atoms with Gasteiger partial charge in [0.2, 0.25) is 0 Å². The number of aromatic nitrogens is 4. The van der Waals surface area contributed by atoms with E-state index in [0.29, 0.717) is 11.6 Å². The van der Waals surface area contributed by atoms with Crippen molar-refractivity contribution in [2.45, 2.75) is 18.9 Å². The van der Waals surface area contributed by atoms with Crippen LogP contribution in [0.1, 0.15) is 12.8 Å². The Bertz CT molecular complexity index is 613. The molecule has 0 bridgehead atoms. The molecule has 7 nitrogen and oxygen atoms in total. The van der Waals surface area contributed by atoms with E-state index in [1.807, 2.05) is 11.9 Å². The summed E-state index contributed by atoms with van der Waals surface area (Å²) in [5, 5.41) is 15.5. The number of hydrogen-bond donors (Lipinski definition) is 2. The molecular formula is C11H15N5O2. The number of H-pyrrole nitrogens is 1. The summed E-state index contributed by atoms with van der Waals surface area (Å²) in [5.74, 6) is 1.30. The smallest absolute Gasteiger partial charge is 0.348 e. The van der Waals surface area contributed by atoms with Crippen molar-refractivity contribution in [3.05, 3.63) is 22.9 Å². The van der Waals surface area contributed by atoms with E-state index in [1.54, 1.807) is 6.07 Å². The average Bonchev–Trinajstić information content (AvgIpc) is 2.68. The second-order valence-corrected chi connectivity index (χ2v) is 4.88. The minimum atomic E-state index is -0.284. The lowest BCUT2D eigenvalue weighted by Crippen LogP contribution is -2.37. The maximum absolute atomic E-state index is 11.3. The first kappa shape index (κ1) is 11.2. The van der Waals surface area contributed by atoms with E-state index in [0.717, 1.165) is 25.2 Å². The summed E-state index contributed by atoms with van der Waals surface area (Å²) in [4.78, 5) is 17.6. The summed E-state index contributed by atoms with van der Waals surface area (Å²) >= 11 is 0. The van der Waals surface area contributed by atoms with Gasteiger partial charge in [-0.2, -0.15) is 5.10 Å². The van der Waals surface area contributed by atoms with Gasteiger partial charge in [0.15, 0.2) is 5.65 Å². The maximum Gasteiger partial charge on any atom is 0.348 e. The van der Waals surface area contributed by atoms with Crippen LogP contribution in [0, 0.1) is 5.92 Å². The van der Waals surface area contributed by atoms with Gasteiger partial charge in [0.05, 0.1) is 6.10 Å². The third-order valence-corrected chi connectivity index (χ3v) is 3.43. The van der Waals surface area contributed by atoms with Crippen LogP contribution in [0.25, 0.3) is 5.65 Å². The summed E-state index contributed by atoms with van der Waals surface area (Å²) in [7, 11) is 1.95. The zero-order valence-electron chi connectivity index (χ0n) is 10.1. The number of aliphatic hydroxyl groups excluding tert-OH is 1. The molecule has 96 valence electrons. The average molecular weight is 249 g/mol. The fourth-order valence-corrected chi connectivity index (χ4v) is 2.34. The third-order valence-electron chi connectivity index (χ3n) is 3.43. The monoisotopic (exact) mass is 249 g/mol. The van der Waals surface area contributed by atoms with Crippen LogP contribution in [0.2, 0.25) is 0 Å². The van der Waals surface area contributed by atoms with Crippen molar-refractivity contribution >= 4 is 11.5 Å². The number of aromatic amines is 1. The molecule has 0 aromatic carbocycles. The molecule has 1 aliphatic carbocycles. The molecule has 0 atom stereocenters. The highest BCUT2D eigenvalue weighted by Gasteiger charge is 2.28. The van der Waals surface area contributed by atoms with Crippen molar-refractivity contribution in [3.8, 4) is 0 Å². The number of nitrogens with one attached hydrogen (secondary N) is 1. The van der Waals surface area contributed by atoms with Crippen LogP contribution >= 0.6 is 0 Å². The molecule has 0 amide bonds. The molecule has 1 aliphatic rings. The van der Waals surface area contributed by atoms with E-state index in [-0.39, 0.29) is 11.8 Å². The van der Waals surface area contributed by atoms with Crippen LogP contribution in [0.3, 0.4) is 0 Å². The van der Waals surface area contributed by atoms with Gasteiger partial charge in [-0.25, -0.2) is 19.3 Å². The van der Waals surface area contributed by atoms with Gasteiger partial charge in [-0.1, -0.05) is 0 Å². The predicted molar refractivity (Wildman–Crippen MR) is 65.6 cm³/mol. The van der Waals surface area contributed by atoms with Crippen LogP contribution in [-0.4, -0.2) is 44.4 Å². The number of rotatable bonds is 3.